The average molecular weight is 935 g/mol. The van der Waals surface area contributed by atoms with Gasteiger partial charge in [0.15, 0.2) is 0 Å². The first-order valence-electron chi connectivity index (χ1n) is 24.1. The van der Waals surface area contributed by atoms with E-state index in [1.54, 1.807) is 37.6 Å². The molecule has 0 bridgehead atoms. The number of carbonyl (C=O) groups is 5. The molecule has 4 unspecified atom stereocenters. The number of aldehydes is 1. The molecule has 4 atom stereocenters. The van der Waals surface area contributed by atoms with Crippen molar-refractivity contribution in [3.05, 3.63) is 22.3 Å². The lowest BCUT2D eigenvalue weighted by atomic mass is 9.79. The quantitative estimate of drug-likeness (QED) is 0.108. The summed E-state index contributed by atoms with van der Waals surface area (Å²) in [5.41, 5.74) is 3.70. The molecule has 4 N–H and O–H groups in total. The van der Waals surface area contributed by atoms with E-state index >= 15 is 0 Å². The Bertz CT molecular complexity index is 1120. The first kappa shape index (κ1) is 75.2. The fourth-order valence-corrected chi connectivity index (χ4v) is 6.48. The molecule has 1 heterocycles. The van der Waals surface area contributed by atoms with Crippen LogP contribution in [-0.4, -0.2) is 84.3 Å². The predicted octanol–water partition coefficient (Wildman–Crippen LogP) is 13.7. The molecular formula is C51H107N5O5S2. The lowest BCUT2D eigenvalue weighted by Crippen LogP contribution is -2.56. The number of nitrogens with one attached hydrogen (secondary N) is 2. The zero-order valence-electron chi connectivity index (χ0n) is 45.6. The molecule has 0 radical (unpaired) electrons. The van der Waals surface area contributed by atoms with E-state index in [4.69, 9.17) is 4.79 Å². The maximum atomic E-state index is 12.5. The van der Waals surface area contributed by atoms with Gasteiger partial charge in [0.05, 0.1) is 16.3 Å². The van der Waals surface area contributed by atoms with Crippen molar-refractivity contribution in [3.8, 4) is 0 Å². The Labute approximate surface area is 401 Å². The summed E-state index contributed by atoms with van der Waals surface area (Å²) in [6, 6.07) is -0.710. The molecule has 0 aromatic heterocycles. The molecule has 2 fully saturated rings. The van der Waals surface area contributed by atoms with E-state index in [1.807, 2.05) is 94.7 Å². The highest BCUT2D eigenvalue weighted by atomic mass is 32.2. The Morgan fingerprint density at radius 1 is 0.857 bits per heavy atom. The minimum atomic E-state index is -0.535. The molecule has 2 aliphatic rings. The van der Waals surface area contributed by atoms with Gasteiger partial charge in [-0.1, -0.05) is 188 Å². The van der Waals surface area contributed by atoms with Gasteiger partial charge in [0.25, 0.3) is 0 Å². The van der Waals surface area contributed by atoms with Crippen LogP contribution in [0.3, 0.4) is 0 Å². The second-order valence-corrected chi connectivity index (χ2v) is 19.9. The maximum absolute atomic E-state index is 12.5. The number of nitrogens with two attached hydrogens (primary N) is 1. The van der Waals surface area contributed by atoms with Crippen LogP contribution in [0.4, 0.5) is 4.79 Å². The number of rotatable bonds is 15. The van der Waals surface area contributed by atoms with Gasteiger partial charge in [-0.15, -0.1) is 0 Å². The van der Waals surface area contributed by atoms with Crippen LogP contribution in [0.1, 0.15) is 204 Å². The second-order valence-electron chi connectivity index (χ2n) is 17.5. The number of hydrogen-bond donors (Lipinski definition) is 3. The molecular weight excluding hydrogens is 827 g/mol. The van der Waals surface area contributed by atoms with Gasteiger partial charge in [-0.05, 0) is 93.6 Å². The Hall–Kier alpha value is -2.15. The van der Waals surface area contributed by atoms with Crippen LogP contribution in [0, 0.1) is 28.6 Å². The van der Waals surface area contributed by atoms with Crippen LogP contribution >= 0.6 is 23.7 Å². The predicted molar refractivity (Wildman–Crippen MR) is 284 cm³/mol. The van der Waals surface area contributed by atoms with Crippen molar-refractivity contribution in [3.63, 3.8) is 0 Å². The standard InChI is InChI=1S/C20H37N3O2S2.C9H16O.C7H13NO.C5H12.C3H8.3C2H6.CH3NO/c1-10-12-26-15(3)27-23(11-2)13-16(19(4,5)6)21-18(25)22-17(14-24)20(7,8)9;1-7(8(2)10)6-9-4-3-5-9;1-6(9)7-4-3-5-8(7)2;1-4-5(2)3;1-3-2;3*1-2;2-1-3/h10,12,14,16-17H,3,11,13H2,1-2,4-9H3,(H2,21,22,25);7,9H,3-6H2,1-2H3;7H,3-5H2,1-2H3;5H,4H2,1-3H3;3H2,1-2H3;3*1-2H3;1H,(H2,2,3)/b12-10-;;;;;;;;. The van der Waals surface area contributed by atoms with Crippen molar-refractivity contribution in [2.75, 3.05) is 26.7 Å². The molecule has 3 amide bonds. The lowest BCUT2D eigenvalue weighted by molar-refractivity contribution is -0.121. The molecule has 12 heteroatoms. The van der Waals surface area contributed by atoms with E-state index in [-0.39, 0.29) is 35.4 Å². The number of urea groups is 1. The van der Waals surface area contributed by atoms with Crippen molar-refractivity contribution >= 4 is 54.0 Å². The van der Waals surface area contributed by atoms with Crippen LogP contribution in [0.25, 0.3) is 0 Å². The number of amides is 3. The summed E-state index contributed by atoms with van der Waals surface area (Å²) in [6.45, 7) is 51.1. The van der Waals surface area contributed by atoms with Crippen LogP contribution in [-0.2, 0) is 19.2 Å². The second kappa shape index (κ2) is 49.3. The Balaban J connectivity index is -0.000000141. The fraction of sp³-hybridized carbons (Fsp3) is 0.824. The smallest absolute Gasteiger partial charge is 0.315 e. The lowest BCUT2D eigenvalue weighted by Gasteiger charge is -2.36. The number of carbonyl (C=O) groups excluding carboxylic acids is 5. The average Bonchev–Trinajstić information content (AvgIpc) is 3.65. The third kappa shape index (κ3) is 49.1. The van der Waals surface area contributed by atoms with Crippen LogP contribution in [0.15, 0.2) is 22.3 Å². The molecule has 1 saturated carbocycles. The van der Waals surface area contributed by atoms with Crippen molar-refractivity contribution in [1.82, 2.24) is 19.8 Å². The van der Waals surface area contributed by atoms with E-state index in [0.717, 1.165) is 48.3 Å². The van der Waals surface area contributed by atoms with Crippen molar-refractivity contribution in [1.29, 1.82) is 0 Å². The summed E-state index contributed by atoms with van der Waals surface area (Å²) in [5.74, 6) is 2.74. The third-order valence-corrected chi connectivity index (χ3v) is 11.5. The molecule has 1 saturated heterocycles. The van der Waals surface area contributed by atoms with E-state index in [0.29, 0.717) is 24.0 Å². The Morgan fingerprint density at radius 3 is 1.57 bits per heavy atom. The zero-order chi connectivity index (χ0) is 51.4. The molecule has 0 aromatic rings. The molecule has 2 rings (SSSR count). The highest BCUT2D eigenvalue weighted by molar-refractivity contribution is 8.22. The van der Waals surface area contributed by atoms with E-state index in [2.05, 4.69) is 94.5 Å². The van der Waals surface area contributed by atoms with Gasteiger partial charge in [-0.2, -0.15) is 0 Å². The SMILES string of the molecule is C=C(S/C=C\C)SN(CC)CC(NC(=O)NC(C=O)C(C)(C)C)C(C)(C)C.CC.CC.CC.CC(=O)C(C)CC1CCC1.CC(=O)C1CCCN1C.CCC.CCC(C)C.NC=O. The van der Waals surface area contributed by atoms with Crippen LogP contribution in [0.2, 0.25) is 0 Å². The molecule has 10 nitrogen and oxygen atoms in total. The number of thioether (sulfide) groups is 1. The minimum Gasteiger partial charge on any atom is -0.372 e. The first-order valence-corrected chi connectivity index (χ1v) is 25.8. The number of ketones is 2. The van der Waals surface area contributed by atoms with Gasteiger partial charge in [-0.25, -0.2) is 9.10 Å². The van der Waals surface area contributed by atoms with Gasteiger partial charge < -0.3 is 21.2 Å². The Kier molecular flexibility index (Phi) is 58.8. The summed E-state index contributed by atoms with van der Waals surface area (Å²) in [6.07, 6.45) is 13.1. The number of primary amides is 1. The van der Waals surface area contributed by atoms with Gasteiger partial charge in [0, 0.05) is 25.0 Å². The van der Waals surface area contributed by atoms with Crippen LogP contribution < -0.4 is 16.4 Å². The number of nitrogens with zero attached hydrogens (tertiary/aromatic N) is 2. The summed E-state index contributed by atoms with van der Waals surface area (Å²) >= 11 is 3.19. The minimum absolute atomic E-state index is 0.0864. The number of allylic oxidation sites excluding steroid dienone is 1. The Morgan fingerprint density at radius 2 is 1.32 bits per heavy atom. The van der Waals surface area contributed by atoms with Gasteiger partial charge >= 0.3 is 6.03 Å². The number of likely N-dealkylation sites (N-methyl/N-ethyl adjacent to an activating group) is 2. The number of Topliss-reactive ketones (excluding diaryl/α,β-unsaturated/α-hetero) is 2. The molecule has 1 aliphatic carbocycles. The van der Waals surface area contributed by atoms with Gasteiger partial charge in [-0.3, -0.25) is 19.3 Å². The highest BCUT2D eigenvalue weighted by Gasteiger charge is 2.31. The molecule has 1 aliphatic heterocycles. The van der Waals surface area contributed by atoms with Crippen molar-refractivity contribution < 1.29 is 24.0 Å². The third-order valence-electron chi connectivity index (χ3n) is 9.42. The number of hydrogen-bond acceptors (Lipinski definition) is 9. The first-order chi connectivity index (χ1) is 29.4. The molecule has 0 aromatic carbocycles. The van der Waals surface area contributed by atoms with Crippen molar-refractivity contribution in [2.24, 2.45) is 34.3 Å². The summed E-state index contributed by atoms with van der Waals surface area (Å²) < 4.78 is 3.18. The maximum Gasteiger partial charge on any atom is 0.315 e. The summed E-state index contributed by atoms with van der Waals surface area (Å²) in [4.78, 5) is 56.2. The summed E-state index contributed by atoms with van der Waals surface area (Å²) in [7, 11) is 2.01. The summed E-state index contributed by atoms with van der Waals surface area (Å²) in [5, 5.41) is 7.86. The number of likely N-dealkylation sites (tertiary alicyclic amines) is 1. The molecule has 63 heavy (non-hydrogen) atoms. The van der Waals surface area contributed by atoms with E-state index < -0.39 is 6.04 Å². The van der Waals surface area contributed by atoms with Crippen molar-refractivity contribution in [2.45, 2.75) is 222 Å². The normalized spacial score (nSPS) is 15.5. The van der Waals surface area contributed by atoms with Crippen LogP contribution in [0.5, 0.6) is 0 Å². The topological polar surface area (TPSA) is 142 Å². The molecule has 378 valence electrons. The monoisotopic (exact) mass is 934 g/mol. The largest absolute Gasteiger partial charge is 0.372 e. The van der Waals surface area contributed by atoms with E-state index in [1.165, 1.54) is 38.5 Å². The fourth-order valence-electron chi connectivity index (χ4n) is 4.89. The van der Waals surface area contributed by atoms with Gasteiger partial charge in [0.2, 0.25) is 6.41 Å². The molecule has 0 spiro atoms. The zero-order valence-corrected chi connectivity index (χ0v) is 47.2. The van der Waals surface area contributed by atoms with E-state index in [9.17, 15) is 19.2 Å². The van der Waals surface area contributed by atoms with Gasteiger partial charge in [0.1, 0.15) is 17.9 Å². The highest BCUT2D eigenvalue weighted by Crippen LogP contribution is 2.33.